The van der Waals surface area contributed by atoms with Crippen LogP contribution >= 0.6 is 23.2 Å². The minimum atomic E-state index is -0.0150. The van der Waals surface area contributed by atoms with E-state index in [2.05, 4.69) is 25.5 Å². The van der Waals surface area contributed by atoms with Crippen LogP contribution in [0.2, 0.25) is 10.0 Å². The first-order valence-corrected chi connectivity index (χ1v) is 12.4. The van der Waals surface area contributed by atoms with Crippen LogP contribution < -0.4 is 4.74 Å². The lowest BCUT2D eigenvalue weighted by Gasteiger charge is -2.38. The summed E-state index contributed by atoms with van der Waals surface area (Å²) >= 11 is 12.1. The van der Waals surface area contributed by atoms with Crippen LogP contribution in [0.4, 0.5) is 0 Å². The van der Waals surface area contributed by atoms with E-state index in [0.717, 1.165) is 43.8 Å². The van der Waals surface area contributed by atoms with Crippen molar-refractivity contribution >= 4 is 29.1 Å². The number of halogens is 2. The van der Waals surface area contributed by atoms with Gasteiger partial charge in [0, 0.05) is 49.9 Å². The highest BCUT2D eigenvalue weighted by Crippen LogP contribution is 2.28. The smallest absolute Gasteiger partial charge is 0.254 e. The van der Waals surface area contributed by atoms with E-state index in [9.17, 15) is 4.79 Å². The van der Waals surface area contributed by atoms with Crippen LogP contribution in [0.3, 0.4) is 0 Å². The van der Waals surface area contributed by atoms with E-state index in [1.165, 1.54) is 0 Å². The van der Waals surface area contributed by atoms with Crippen LogP contribution in [0, 0.1) is 0 Å². The van der Waals surface area contributed by atoms with Crippen LogP contribution in [-0.2, 0) is 4.74 Å². The first-order valence-electron chi connectivity index (χ1n) is 11.6. The number of amides is 1. The second-order valence-electron chi connectivity index (χ2n) is 8.75. The number of H-pyrrole nitrogens is 1. The number of piperidine rings is 1. The maximum Gasteiger partial charge on any atom is 0.254 e. The molecule has 0 spiro atoms. The number of morpholine rings is 1. The van der Waals surface area contributed by atoms with Crippen LogP contribution in [0.25, 0.3) is 11.4 Å². The molecule has 0 aliphatic carbocycles. The number of benzene rings is 2. The Bertz CT molecular complexity index is 1140. The number of rotatable bonds is 6. The number of ether oxygens (including phenoxy) is 2. The van der Waals surface area contributed by atoms with Crippen molar-refractivity contribution in [1.29, 1.82) is 0 Å². The van der Waals surface area contributed by atoms with Gasteiger partial charge in [-0.3, -0.25) is 4.79 Å². The third-order valence-corrected chi connectivity index (χ3v) is 7.09. The summed E-state index contributed by atoms with van der Waals surface area (Å²) < 4.78 is 12.1. The Morgan fingerprint density at radius 3 is 2.60 bits per heavy atom. The van der Waals surface area contributed by atoms with Gasteiger partial charge in [-0.05, 0) is 42.3 Å². The fourth-order valence-electron chi connectivity index (χ4n) is 4.48. The highest BCUT2D eigenvalue weighted by atomic mass is 35.5. The number of aromatic nitrogens is 4. The minimum Gasteiger partial charge on any atom is -0.490 e. The number of nitrogens with zero attached hydrogens (tertiary/aromatic N) is 5. The zero-order valence-electron chi connectivity index (χ0n) is 19.1. The Balaban J connectivity index is 1.10. The van der Waals surface area contributed by atoms with E-state index in [0.29, 0.717) is 41.1 Å². The van der Waals surface area contributed by atoms with Gasteiger partial charge in [0.2, 0.25) is 5.82 Å². The van der Waals surface area contributed by atoms with E-state index in [1.54, 1.807) is 24.3 Å². The molecule has 0 bridgehead atoms. The van der Waals surface area contributed by atoms with Crippen LogP contribution in [0.1, 0.15) is 23.2 Å². The summed E-state index contributed by atoms with van der Waals surface area (Å²) in [6.07, 6.45) is 1.97. The number of hydrogen-bond donors (Lipinski definition) is 1. The van der Waals surface area contributed by atoms with Gasteiger partial charge in [0.15, 0.2) is 0 Å². The standard InChI is InChI=1S/C24H26Cl2N6O3/c25-21-6-5-19(13-22(21)26)35-18-7-9-31(10-8-18)14-20-15-32(11-12-34-20)24(33)17-3-1-16(2-4-17)23-27-29-30-28-23/h1-6,13,18,20H,7-12,14-15H2,(H,27,28,29,30). The van der Waals surface area contributed by atoms with E-state index in [1.807, 2.05) is 23.1 Å². The number of likely N-dealkylation sites (tertiary alicyclic amines) is 1. The quantitative estimate of drug-likeness (QED) is 0.534. The van der Waals surface area contributed by atoms with E-state index in [4.69, 9.17) is 32.7 Å². The van der Waals surface area contributed by atoms with Crippen molar-refractivity contribution in [1.82, 2.24) is 30.4 Å². The number of hydrogen-bond acceptors (Lipinski definition) is 7. The Morgan fingerprint density at radius 2 is 1.89 bits per heavy atom. The monoisotopic (exact) mass is 516 g/mol. The molecule has 5 rings (SSSR count). The Kier molecular flexibility index (Phi) is 7.48. The third-order valence-electron chi connectivity index (χ3n) is 6.35. The molecule has 2 aliphatic rings. The molecule has 3 aromatic rings. The fourth-order valence-corrected chi connectivity index (χ4v) is 4.77. The van der Waals surface area contributed by atoms with E-state index >= 15 is 0 Å². The van der Waals surface area contributed by atoms with Crippen molar-refractivity contribution in [3.05, 3.63) is 58.1 Å². The lowest BCUT2D eigenvalue weighted by atomic mass is 10.1. The summed E-state index contributed by atoms with van der Waals surface area (Å²) in [5, 5.41) is 15.0. The molecule has 184 valence electrons. The van der Waals surface area contributed by atoms with Crippen molar-refractivity contribution in [2.75, 3.05) is 39.3 Å². The van der Waals surface area contributed by atoms with Crippen molar-refractivity contribution in [2.45, 2.75) is 25.0 Å². The molecule has 11 heteroatoms. The van der Waals surface area contributed by atoms with Crippen LogP contribution in [-0.4, -0.2) is 87.9 Å². The molecule has 1 amide bonds. The molecular formula is C24H26Cl2N6O3. The molecule has 0 saturated carbocycles. The summed E-state index contributed by atoms with van der Waals surface area (Å²) in [6, 6.07) is 12.6. The van der Waals surface area contributed by atoms with Gasteiger partial charge in [-0.1, -0.05) is 35.3 Å². The lowest BCUT2D eigenvalue weighted by Crippen LogP contribution is -2.51. The Morgan fingerprint density at radius 1 is 1.09 bits per heavy atom. The van der Waals surface area contributed by atoms with Gasteiger partial charge in [0.25, 0.3) is 5.91 Å². The average molecular weight is 517 g/mol. The predicted octanol–water partition coefficient (Wildman–Crippen LogP) is 3.56. The van der Waals surface area contributed by atoms with Gasteiger partial charge < -0.3 is 19.3 Å². The molecule has 1 atom stereocenters. The highest BCUT2D eigenvalue weighted by Gasteiger charge is 2.29. The van der Waals surface area contributed by atoms with Gasteiger partial charge in [0.05, 0.1) is 22.8 Å². The normalized spacial score (nSPS) is 19.6. The largest absolute Gasteiger partial charge is 0.490 e. The minimum absolute atomic E-state index is 0.00620. The predicted molar refractivity (Wildman–Crippen MR) is 132 cm³/mol. The van der Waals surface area contributed by atoms with Crippen molar-refractivity contribution < 1.29 is 14.3 Å². The van der Waals surface area contributed by atoms with Gasteiger partial charge in [-0.25, -0.2) is 0 Å². The molecule has 2 aromatic carbocycles. The van der Waals surface area contributed by atoms with Gasteiger partial charge in [-0.15, -0.1) is 10.2 Å². The molecule has 2 fully saturated rings. The summed E-state index contributed by atoms with van der Waals surface area (Å²) in [7, 11) is 0. The maximum absolute atomic E-state index is 13.1. The summed E-state index contributed by atoms with van der Waals surface area (Å²) in [6.45, 7) is 4.32. The third kappa shape index (κ3) is 5.92. The van der Waals surface area contributed by atoms with E-state index < -0.39 is 0 Å². The zero-order valence-corrected chi connectivity index (χ0v) is 20.6. The number of carbonyl (C=O) groups excluding carboxylic acids is 1. The number of carbonyl (C=O) groups is 1. The molecule has 35 heavy (non-hydrogen) atoms. The molecule has 3 heterocycles. The fraction of sp³-hybridized carbons (Fsp3) is 0.417. The van der Waals surface area contributed by atoms with Crippen LogP contribution in [0.5, 0.6) is 5.75 Å². The second kappa shape index (κ2) is 10.9. The summed E-state index contributed by atoms with van der Waals surface area (Å²) in [5.74, 6) is 1.25. The highest BCUT2D eigenvalue weighted by molar-refractivity contribution is 6.42. The molecule has 2 aliphatic heterocycles. The molecule has 1 unspecified atom stereocenters. The molecule has 2 saturated heterocycles. The first-order chi connectivity index (χ1) is 17.0. The number of aromatic amines is 1. The molecule has 9 nitrogen and oxygen atoms in total. The van der Waals surface area contributed by atoms with Crippen LogP contribution in [0.15, 0.2) is 42.5 Å². The van der Waals surface area contributed by atoms with E-state index in [-0.39, 0.29) is 18.1 Å². The average Bonchev–Trinajstić information content (AvgIpc) is 3.43. The Hall–Kier alpha value is -2.72. The molecule has 1 aromatic heterocycles. The second-order valence-corrected chi connectivity index (χ2v) is 9.56. The Labute approximate surface area is 213 Å². The van der Waals surface area contributed by atoms with Crippen molar-refractivity contribution in [3.8, 4) is 17.1 Å². The molecule has 0 radical (unpaired) electrons. The van der Waals surface area contributed by atoms with Gasteiger partial charge in [0.1, 0.15) is 11.9 Å². The summed E-state index contributed by atoms with van der Waals surface area (Å²) in [4.78, 5) is 17.3. The maximum atomic E-state index is 13.1. The molecular weight excluding hydrogens is 491 g/mol. The van der Waals surface area contributed by atoms with Gasteiger partial charge in [-0.2, -0.15) is 5.21 Å². The van der Waals surface area contributed by atoms with Crippen molar-refractivity contribution in [2.24, 2.45) is 0 Å². The van der Waals surface area contributed by atoms with Crippen molar-refractivity contribution in [3.63, 3.8) is 0 Å². The summed E-state index contributed by atoms with van der Waals surface area (Å²) in [5.41, 5.74) is 1.44. The van der Waals surface area contributed by atoms with Gasteiger partial charge >= 0.3 is 0 Å². The zero-order chi connectivity index (χ0) is 24.2. The molecule has 1 N–H and O–H groups in total. The number of nitrogens with one attached hydrogen (secondary N) is 1. The number of tetrazole rings is 1. The lowest BCUT2D eigenvalue weighted by molar-refractivity contribution is -0.0414. The topological polar surface area (TPSA) is 96.5 Å². The first kappa shape index (κ1) is 24.0. The SMILES string of the molecule is O=C(c1ccc(-c2nn[nH]n2)cc1)N1CCOC(CN2CCC(Oc3ccc(Cl)c(Cl)c3)CC2)C1.